The third-order valence-corrected chi connectivity index (χ3v) is 11.8. The summed E-state index contributed by atoms with van der Waals surface area (Å²) in [6.07, 6.45) is 8.61. The van der Waals surface area contributed by atoms with Crippen LogP contribution in [0.1, 0.15) is 118 Å². The minimum absolute atomic E-state index is 0.0216. The van der Waals surface area contributed by atoms with Crippen molar-refractivity contribution in [2.75, 3.05) is 31.6 Å². The van der Waals surface area contributed by atoms with E-state index in [4.69, 9.17) is 4.74 Å². The Bertz CT molecular complexity index is 1820. The largest absolute Gasteiger partial charge is 0.390 e. The van der Waals surface area contributed by atoms with Gasteiger partial charge in [-0.2, -0.15) is 10.2 Å². The lowest BCUT2D eigenvalue weighted by atomic mass is 9.79. The predicted molar refractivity (Wildman–Crippen MR) is 203 cm³/mol. The number of anilines is 1. The molecule has 3 aliphatic rings. The van der Waals surface area contributed by atoms with Gasteiger partial charge in [0.25, 0.3) is 11.8 Å². The maximum atomic E-state index is 16.0. The molecule has 1 saturated carbocycles. The molecule has 2 aliphatic heterocycles. The van der Waals surface area contributed by atoms with Crippen molar-refractivity contribution < 1.29 is 33.4 Å². The number of ether oxygens (including phenoxy) is 1. The minimum atomic E-state index is -1.07. The van der Waals surface area contributed by atoms with Crippen LogP contribution in [0.5, 0.6) is 0 Å². The van der Waals surface area contributed by atoms with Crippen LogP contribution in [0.3, 0.4) is 0 Å². The van der Waals surface area contributed by atoms with Gasteiger partial charge in [0.05, 0.1) is 17.3 Å². The van der Waals surface area contributed by atoms with Gasteiger partial charge in [-0.3, -0.25) is 28.5 Å². The SMILES string of the molecule is CCn1nccc1C(=O)N[C@H](C(=O)Nc1ccc([C@H](C)[C@@H](NC(=O)c2ccnn2C2CCOCC2)C(=O)N2CCC(C)(O)CC2)cc1F)[C@H]1CC[C@H](C)CC1. The van der Waals surface area contributed by atoms with E-state index in [1.807, 2.05) is 6.92 Å². The van der Waals surface area contributed by atoms with Gasteiger partial charge < -0.3 is 30.7 Å². The summed E-state index contributed by atoms with van der Waals surface area (Å²) in [4.78, 5) is 56.9. The number of piperidine rings is 1. The molecule has 2 saturated heterocycles. The number of hydrogen-bond donors (Lipinski definition) is 4. The maximum Gasteiger partial charge on any atom is 0.270 e. The van der Waals surface area contributed by atoms with Crippen molar-refractivity contribution >= 4 is 29.3 Å². The Balaban J connectivity index is 1.21. The molecule has 0 spiro atoms. The van der Waals surface area contributed by atoms with Crippen LogP contribution in [0.2, 0.25) is 0 Å². The summed E-state index contributed by atoms with van der Waals surface area (Å²) in [5, 5.41) is 27.7. The van der Waals surface area contributed by atoms with Gasteiger partial charge in [-0.1, -0.05) is 32.8 Å². The average molecular weight is 763 g/mol. The Kier molecular flexibility index (Phi) is 12.7. The van der Waals surface area contributed by atoms with Crippen molar-refractivity contribution in [2.45, 2.75) is 115 Å². The van der Waals surface area contributed by atoms with Crippen molar-refractivity contribution in [1.82, 2.24) is 35.1 Å². The Hall–Kier alpha value is -4.63. The monoisotopic (exact) mass is 762 g/mol. The van der Waals surface area contributed by atoms with Crippen molar-refractivity contribution in [3.8, 4) is 0 Å². The summed E-state index contributed by atoms with van der Waals surface area (Å²) >= 11 is 0. The van der Waals surface area contributed by atoms with Gasteiger partial charge in [-0.25, -0.2) is 4.39 Å². The summed E-state index contributed by atoms with van der Waals surface area (Å²) < 4.78 is 24.7. The van der Waals surface area contributed by atoms with Crippen LogP contribution in [-0.2, 0) is 20.9 Å². The Morgan fingerprint density at radius 2 is 1.60 bits per heavy atom. The number of halogens is 1. The number of hydrogen-bond acceptors (Lipinski definition) is 8. The molecule has 3 atom stereocenters. The fraction of sp³-hybridized carbons (Fsp3) is 0.600. The number of aliphatic hydroxyl groups is 1. The Labute approximate surface area is 321 Å². The molecule has 0 bridgehead atoms. The molecular weight excluding hydrogens is 707 g/mol. The van der Waals surface area contributed by atoms with E-state index in [1.165, 1.54) is 18.3 Å². The number of aryl methyl sites for hydroxylation is 1. The molecule has 0 unspecified atom stereocenters. The molecule has 0 radical (unpaired) electrons. The molecule has 2 aromatic heterocycles. The van der Waals surface area contributed by atoms with Crippen LogP contribution in [-0.4, -0.2) is 97.2 Å². The lowest BCUT2D eigenvalue weighted by Gasteiger charge is -2.38. The van der Waals surface area contributed by atoms with Crippen LogP contribution >= 0.6 is 0 Å². The van der Waals surface area contributed by atoms with Crippen LogP contribution in [0.15, 0.2) is 42.7 Å². The normalized spacial score (nSPS) is 22.0. The second-order valence-electron chi connectivity index (χ2n) is 15.8. The lowest BCUT2D eigenvalue weighted by Crippen LogP contribution is -2.54. The van der Waals surface area contributed by atoms with Crippen LogP contribution in [0.25, 0.3) is 0 Å². The third-order valence-electron chi connectivity index (χ3n) is 11.8. The molecule has 14 nitrogen and oxygen atoms in total. The molecule has 298 valence electrons. The molecule has 55 heavy (non-hydrogen) atoms. The molecular formula is C40H55FN8O6. The maximum absolute atomic E-state index is 16.0. The molecule has 6 rings (SSSR count). The number of aromatic nitrogens is 4. The standard InChI is InChI=1S/C40H55FN8O6/c1-5-48-32(12-18-42-48)36(50)46-35(27-8-6-25(2)7-9-27)38(52)44-31-11-10-28(24-30(31)41)26(3)34(39(53)47-20-16-40(4,54)17-21-47)45-37(51)33-13-19-43-49(33)29-14-22-55-23-15-29/h10-13,18-19,24-27,29,34-35,54H,5-9,14-17,20-23H2,1-4H3,(H,44,52)(H,45,51)(H,46,50)/t25-,26-,27-,34+,35-/m0/s1. The van der Waals surface area contributed by atoms with Crippen molar-refractivity contribution in [1.29, 1.82) is 0 Å². The minimum Gasteiger partial charge on any atom is -0.390 e. The van der Waals surface area contributed by atoms with E-state index in [-0.39, 0.29) is 23.6 Å². The van der Waals surface area contributed by atoms with E-state index in [1.54, 1.807) is 52.5 Å². The fourth-order valence-electron chi connectivity index (χ4n) is 8.06. The average Bonchev–Trinajstić information content (AvgIpc) is 3.88. The molecule has 3 fully saturated rings. The van der Waals surface area contributed by atoms with Crippen molar-refractivity contribution in [2.24, 2.45) is 11.8 Å². The zero-order valence-corrected chi connectivity index (χ0v) is 32.3. The number of rotatable bonds is 12. The zero-order valence-electron chi connectivity index (χ0n) is 32.3. The number of carbonyl (C=O) groups is 4. The molecule has 15 heteroatoms. The van der Waals surface area contributed by atoms with Gasteiger partial charge in [0, 0.05) is 51.2 Å². The smallest absolute Gasteiger partial charge is 0.270 e. The van der Waals surface area contributed by atoms with Crippen LogP contribution < -0.4 is 16.0 Å². The zero-order chi connectivity index (χ0) is 39.3. The van der Waals surface area contributed by atoms with Crippen LogP contribution in [0.4, 0.5) is 10.1 Å². The highest BCUT2D eigenvalue weighted by Crippen LogP contribution is 2.32. The third kappa shape index (κ3) is 9.43. The first-order valence-corrected chi connectivity index (χ1v) is 19.7. The molecule has 4 heterocycles. The second-order valence-corrected chi connectivity index (χ2v) is 15.8. The molecule has 1 aromatic carbocycles. The summed E-state index contributed by atoms with van der Waals surface area (Å²) in [6, 6.07) is 5.60. The Morgan fingerprint density at radius 3 is 2.27 bits per heavy atom. The second kappa shape index (κ2) is 17.4. The number of benzene rings is 1. The molecule has 1 aliphatic carbocycles. The number of nitrogens with one attached hydrogen (secondary N) is 3. The number of nitrogens with zero attached hydrogens (tertiary/aromatic N) is 5. The summed E-state index contributed by atoms with van der Waals surface area (Å²) in [5.41, 5.74) is 0.142. The van der Waals surface area contributed by atoms with Crippen molar-refractivity contribution in [3.63, 3.8) is 0 Å². The molecule has 4 amide bonds. The first-order valence-electron chi connectivity index (χ1n) is 19.7. The van der Waals surface area contributed by atoms with Gasteiger partial charge in [0.15, 0.2) is 0 Å². The van der Waals surface area contributed by atoms with E-state index in [0.717, 1.165) is 25.7 Å². The van der Waals surface area contributed by atoms with E-state index < -0.39 is 47.1 Å². The summed E-state index contributed by atoms with van der Waals surface area (Å²) in [7, 11) is 0. The van der Waals surface area contributed by atoms with Gasteiger partial charge in [0.1, 0.15) is 29.3 Å². The Morgan fingerprint density at radius 1 is 0.945 bits per heavy atom. The van der Waals surface area contributed by atoms with E-state index in [9.17, 15) is 24.3 Å². The first-order chi connectivity index (χ1) is 26.3. The van der Waals surface area contributed by atoms with Gasteiger partial charge in [-0.15, -0.1) is 0 Å². The van der Waals surface area contributed by atoms with E-state index >= 15 is 4.39 Å². The highest BCUT2D eigenvalue weighted by molar-refractivity contribution is 6.01. The van der Waals surface area contributed by atoms with E-state index in [2.05, 4.69) is 33.1 Å². The van der Waals surface area contributed by atoms with E-state index in [0.29, 0.717) is 81.4 Å². The summed E-state index contributed by atoms with van der Waals surface area (Å²) in [5.74, 6) is -2.76. The highest BCUT2D eigenvalue weighted by atomic mass is 19.1. The van der Waals surface area contributed by atoms with Crippen LogP contribution in [0, 0.1) is 17.7 Å². The molecule has 3 aromatic rings. The summed E-state index contributed by atoms with van der Waals surface area (Å²) in [6.45, 7) is 9.76. The lowest BCUT2D eigenvalue weighted by molar-refractivity contribution is -0.137. The molecule has 4 N–H and O–H groups in total. The first kappa shape index (κ1) is 40.0. The van der Waals surface area contributed by atoms with Crippen molar-refractivity contribution in [3.05, 3.63) is 65.5 Å². The van der Waals surface area contributed by atoms with Gasteiger partial charge in [-0.05, 0) is 94.0 Å². The number of amides is 4. The quantitative estimate of drug-likeness (QED) is 0.210. The number of carbonyl (C=O) groups excluding carboxylic acids is 4. The topological polar surface area (TPSA) is 173 Å². The fourth-order valence-corrected chi connectivity index (χ4v) is 8.06. The predicted octanol–water partition coefficient (Wildman–Crippen LogP) is 4.43. The highest BCUT2D eigenvalue weighted by Gasteiger charge is 2.38. The van der Waals surface area contributed by atoms with Gasteiger partial charge >= 0.3 is 0 Å². The van der Waals surface area contributed by atoms with Gasteiger partial charge in [0.2, 0.25) is 11.8 Å². The number of likely N-dealkylation sites (tertiary alicyclic amines) is 1.